The molecule has 1 saturated heterocycles. The number of nitrogens with zero attached hydrogens (tertiary/aromatic N) is 1. The van der Waals surface area contributed by atoms with Gasteiger partial charge in [0, 0.05) is 12.6 Å². The normalized spacial score (nSPS) is 32.6. The minimum atomic E-state index is -0.575. The van der Waals surface area contributed by atoms with Crippen LogP contribution in [0.5, 0.6) is 0 Å². The van der Waals surface area contributed by atoms with E-state index in [2.05, 4.69) is 24.1 Å². The molecule has 108 valence electrons. The molecular formula is C14H25N3OS. The summed E-state index contributed by atoms with van der Waals surface area (Å²) >= 11 is 5.11. The predicted molar refractivity (Wildman–Crippen MR) is 80.9 cm³/mol. The monoisotopic (exact) mass is 283 g/mol. The van der Waals surface area contributed by atoms with Crippen molar-refractivity contribution in [2.45, 2.75) is 45.6 Å². The number of rotatable bonds is 5. The first-order valence-corrected chi connectivity index (χ1v) is 7.68. The first-order chi connectivity index (χ1) is 8.94. The number of amides is 1. The second-order valence-corrected chi connectivity index (χ2v) is 6.78. The Bertz CT molecular complexity index is 360. The predicted octanol–water partition coefficient (Wildman–Crippen LogP) is 1.29. The summed E-state index contributed by atoms with van der Waals surface area (Å²) < 4.78 is 0. The summed E-state index contributed by atoms with van der Waals surface area (Å²) in [6, 6.07) is 0.160. The van der Waals surface area contributed by atoms with Crippen molar-refractivity contribution >= 4 is 23.1 Å². The number of nitrogens with two attached hydrogens (primary N) is 1. The first kappa shape index (κ1) is 14.7. The van der Waals surface area contributed by atoms with Gasteiger partial charge in [-0.15, -0.1) is 0 Å². The van der Waals surface area contributed by atoms with Crippen LogP contribution in [-0.2, 0) is 4.79 Å². The van der Waals surface area contributed by atoms with Crippen LogP contribution >= 0.6 is 12.2 Å². The lowest BCUT2D eigenvalue weighted by atomic mass is 9.62. The topological polar surface area (TPSA) is 58.4 Å². The summed E-state index contributed by atoms with van der Waals surface area (Å²) in [6.45, 7) is 7.42. The Hall–Kier alpha value is -0.680. The van der Waals surface area contributed by atoms with Crippen LogP contribution < -0.4 is 11.1 Å². The van der Waals surface area contributed by atoms with Crippen molar-refractivity contribution in [2.24, 2.45) is 17.1 Å². The molecule has 0 bridgehead atoms. The number of hydrogen-bond acceptors (Lipinski definition) is 3. The van der Waals surface area contributed by atoms with Gasteiger partial charge in [0.15, 0.2) is 0 Å². The fourth-order valence-corrected chi connectivity index (χ4v) is 3.65. The largest absolute Gasteiger partial charge is 0.392 e. The smallest absolute Gasteiger partial charge is 0.233 e. The highest BCUT2D eigenvalue weighted by molar-refractivity contribution is 7.80. The van der Waals surface area contributed by atoms with Crippen LogP contribution in [0.2, 0.25) is 0 Å². The maximum Gasteiger partial charge on any atom is 0.233 e. The molecule has 1 heterocycles. The summed E-state index contributed by atoms with van der Waals surface area (Å²) in [5, 5.41) is 3.10. The lowest BCUT2D eigenvalue weighted by Gasteiger charge is -2.44. The maximum atomic E-state index is 12.4. The number of carbonyl (C=O) groups is 1. The Kier molecular flexibility index (Phi) is 4.46. The fraction of sp³-hybridized carbons (Fsp3) is 0.857. The summed E-state index contributed by atoms with van der Waals surface area (Å²) in [5.41, 5.74) is 5.22. The number of hydrogen-bond donors (Lipinski definition) is 2. The molecule has 0 aromatic heterocycles. The Morgan fingerprint density at radius 3 is 2.53 bits per heavy atom. The van der Waals surface area contributed by atoms with Gasteiger partial charge >= 0.3 is 0 Å². The molecular weight excluding hydrogens is 258 g/mol. The third kappa shape index (κ3) is 3.08. The van der Waals surface area contributed by atoms with Gasteiger partial charge in [-0.05, 0) is 51.6 Å². The van der Waals surface area contributed by atoms with Gasteiger partial charge in [0.2, 0.25) is 5.91 Å². The lowest BCUT2D eigenvalue weighted by molar-refractivity contribution is -0.133. The van der Waals surface area contributed by atoms with E-state index in [1.54, 1.807) is 0 Å². The number of carbonyl (C=O) groups excluding carboxylic acids is 1. The van der Waals surface area contributed by atoms with E-state index in [0.29, 0.717) is 10.9 Å². The highest BCUT2D eigenvalue weighted by Crippen LogP contribution is 2.46. The van der Waals surface area contributed by atoms with Gasteiger partial charge in [-0.1, -0.05) is 19.1 Å². The van der Waals surface area contributed by atoms with Crippen molar-refractivity contribution in [1.82, 2.24) is 10.2 Å². The van der Waals surface area contributed by atoms with E-state index in [9.17, 15) is 4.79 Å². The van der Waals surface area contributed by atoms with Crippen molar-refractivity contribution in [3.05, 3.63) is 0 Å². The molecule has 3 N–H and O–H groups in total. The zero-order valence-corrected chi connectivity index (χ0v) is 12.8. The standard InChI is InChI=1S/C14H25N3OS/c1-10-7-14(8-10,12(15)19)13(18)16-11(2)9-17-5-3-4-6-17/h10-11H,3-9H2,1-2H3,(H2,15,19)(H,16,18). The molecule has 2 rings (SSSR count). The third-order valence-corrected chi connectivity index (χ3v) is 4.80. The average Bonchev–Trinajstić information content (AvgIpc) is 2.76. The summed E-state index contributed by atoms with van der Waals surface area (Å²) in [7, 11) is 0. The number of likely N-dealkylation sites (tertiary alicyclic amines) is 1. The van der Waals surface area contributed by atoms with E-state index in [0.717, 1.165) is 32.5 Å². The molecule has 1 aliphatic carbocycles. The Morgan fingerprint density at radius 1 is 1.47 bits per heavy atom. The highest BCUT2D eigenvalue weighted by atomic mass is 32.1. The SMILES string of the molecule is CC1CC(C(=O)NC(C)CN2CCCC2)(C(N)=S)C1. The minimum Gasteiger partial charge on any atom is -0.392 e. The van der Waals surface area contributed by atoms with E-state index >= 15 is 0 Å². The molecule has 19 heavy (non-hydrogen) atoms. The Morgan fingerprint density at radius 2 is 2.05 bits per heavy atom. The van der Waals surface area contributed by atoms with E-state index in [1.807, 2.05) is 0 Å². The zero-order valence-electron chi connectivity index (χ0n) is 11.9. The molecule has 0 spiro atoms. The van der Waals surface area contributed by atoms with Crippen molar-refractivity contribution in [3.8, 4) is 0 Å². The van der Waals surface area contributed by atoms with Gasteiger partial charge in [-0.25, -0.2) is 0 Å². The van der Waals surface area contributed by atoms with Crippen LogP contribution in [0.3, 0.4) is 0 Å². The molecule has 1 saturated carbocycles. The minimum absolute atomic E-state index is 0.0322. The van der Waals surface area contributed by atoms with Gasteiger partial charge in [-0.3, -0.25) is 4.79 Å². The second kappa shape index (κ2) is 5.75. The summed E-state index contributed by atoms with van der Waals surface area (Å²) in [4.78, 5) is 15.2. The van der Waals surface area contributed by atoms with Crippen LogP contribution in [0.4, 0.5) is 0 Å². The average molecular weight is 283 g/mol. The molecule has 1 unspecified atom stereocenters. The van der Waals surface area contributed by atoms with Crippen LogP contribution in [0.1, 0.15) is 39.5 Å². The number of nitrogens with one attached hydrogen (secondary N) is 1. The molecule has 4 nitrogen and oxygen atoms in total. The first-order valence-electron chi connectivity index (χ1n) is 7.27. The zero-order chi connectivity index (χ0) is 14.0. The van der Waals surface area contributed by atoms with Crippen LogP contribution in [0.25, 0.3) is 0 Å². The van der Waals surface area contributed by atoms with Gasteiger partial charge in [0.25, 0.3) is 0 Å². The van der Waals surface area contributed by atoms with E-state index < -0.39 is 5.41 Å². The van der Waals surface area contributed by atoms with Gasteiger partial charge in [-0.2, -0.15) is 0 Å². The Labute approximate surface area is 121 Å². The molecule has 0 aromatic rings. The van der Waals surface area contributed by atoms with Crippen molar-refractivity contribution in [2.75, 3.05) is 19.6 Å². The molecule has 2 aliphatic rings. The molecule has 2 fully saturated rings. The van der Waals surface area contributed by atoms with E-state index in [1.165, 1.54) is 12.8 Å². The van der Waals surface area contributed by atoms with Gasteiger partial charge < -0.3 is 16.0 Å². The van der Waals surface area contributed by atoms with Gasteiger partial charge in [0.05, 0.1) is 10.4 Å². The fourth-order valence-electron chi connectivity index (χ4n) is 3.39. The third-order valence-electron chi connectivity index (χ3n) is 4.41. The Balaban J connectivity index is 1.87. The quantitative estimate of drug-likeness (QED) is 0.747. The van der Waals surface area contributed by atoms with Crippen LogP contribution in [-0.4, -0.2) is 41.5 Å². The van der Waals surface area contributed by atoms with Crippen molar-refractivity contribution < 1.29 is 4.79 Å². The van der Waals surface area contributed by atoms with Crippen LogP contribution in [0, 0.1) is 11.3 Å². The van der Waals surface area contributed by atoms with Gasteiger partial charge in [0.1, 0.15) is 0 Å². The molecule has 1 aliphatic heterocycles. The van der Waals surface area contributed by atoms with E-state index in [4.69, 9.17) is 18.0 Å². The summed E-state index contributed by atoms with van der Waals surface area (Å²) in [6.07, 6.45) is 4.14. The molecule has 5 heteroatoms. The lowest BCUT2D eigenvalue weighted by Crippen LogP contribution is -2.58. The molecule has 1 amide bonds. The van der Waals surface area contributed by atoms with Crippen molar-refractivity contribution in [3.63, 3.8) is 0 Å². The molecule has 1 atom stereocenters. The van der Waals surface area contributed by atoms with Crippen molar-refractivity contribution in [1.29, 1.82) is 0 Å². The highest BCUT2D eigenvalue weighted by Gasteiger charge is 2.51. The van der Waals surface area contributed by atoms with E-state index in [-0.39, 0.29) is 11.9 Å². The molecule has 0 aromatic carbocycles. The summed E-state index contributed by atoms with van der Waals surface area (Å²) in [5.74, 6) is 0.575. The molecule has 0 radical (unpaired) electrons. The second-order valence-electron chi connectivity index (χ2n) is 6.34. The maximum absolute atomic E-state index is 12.4. The van der Waals surface area contributed by atoms with Crippen LogP contribution in [0.15, 0.2) is 0 Å². The number of thiocarbonyl (C=S) groups is 1.